The van der Waals surface area contributed by atoms with Gasteiger partial charge in [-0.2, -0.15) is 0 Å². The normalized spacial score (nSPS) is 9.91. The molecule has 0 unspecified atom stereocenters. The lowest BCUT2D eigenvalue weighted by molar-refractivity contribution is -0.115. The minimum absolute atomic E-state index is 0.131. The molecule has 0 spiro atoms. The number of nitrogens with zero attached hydrogens (tertiary/aromatic N) is 1. The molecular formula is C15H15BrN4O2. The number of urea groups is 1. The van der Waals surface area contributed by atoms with Crippen LogP contribution in [0.5, 0.6) is 0 Å². The number of amides is 3. The van der Waals surface area contributed by atoms with Crippen LogP contribution < -0.4 is 16.0 Å². The van der Waals surface area contributed by atoms with Crippen molar-refractivity contribution in [3.8, 4) is 0 Å². The highest BCUT2D eigenvalue weighted by Gasteiger charge is 2.08. The number of rotatable bonds is 4. The Kier molecular flexibility index (Phi) is 5.48. The molecule has 0 aliphatic carbocycles. The Hall–Kier alpha value is -2.41. The van der Waals surface area contributed by atoms with E-state index in [9.17, 15) is 9.59 Å². The van der Waals surface area contributed by atoms with Crippen molar-refractivity contribution in [2.45, 2.75) is 6.92 Å². The van der Waals surface area contributed by atoms with Crippen LogP contribution >= 0.6 is 15.9 Å². The summed E-state index contributed by atoms with van der Waals surface area (Å²) in [5.74, 6) is 0.116. The van der Waals surface area contributed by atoms with E-state index in [2.05, 4.69) is 36.9 Å². The molecule has 1 aromatic carbocycles. The van der Waals surface area contributed by atoms with Gasteiger partial charge in [0.2, 0.25) is 5.91 Å². The van der Waals surface area contributed by atoms with E-state index in [1.807, 2.05) is 19.1 Å². The number of carbonyl (C=O) groups excluding carboxylic acids is 2. The maximum Gasteiger partial charge on any atom is 0.320 e. The highest BCUT2D eigenvalue weighted by molar-refractivity contribution is 9.10. The highest BCUT2D eigenvalue weighted by Crippen LogP contribution is 2.19. The zero-order valence-electron chi connectivity index (χ0n) is 11.9. The molecule has 2 rings (SSSR count). The molecule has 6 nitrogen and oxygen atoms in total. The molecule has 114 valence electrons. The van der Waals surface area contributed by atoms with Gasteiger partial charge in [0.15, 0.2) is 0 Å². The summed E-state index contributed by atoms with van der Waals surface area (Å²) in [5, 5.41) is 7.74. The third kappa shape index (κ3) is 4.85. The number of hydrogen-bond donors (Lipinski definition) is 3. The lowest BCUT2D eigenvalue weighted by Gasteiger charge is -2.10. The average molecular weight is 363 g/mol. The van der Waals surface area contributed by atoms with Gasteiger partial charge in [-0.25, -0.2) is 9.78 Å². The van der Waals surface area contributed by atoms with Crippen LogP contribution in [0.4, 0.5) is 16.3 Å². The molecule has 0 aliphatic rings. The number of hydrogen-bond acceptors (Lipinski definition) is 3. The van der Waals surface area contributed by atoms with Crippen molar-refractivity contribution in [2.24, 2.45) is 0 Å². The van der Waals surface area contributed by atoms with E-state index in [0.717, 1.165) is 10.0 Å². The van der Waals surface area contributed by atoms with Crippen LogP contribution in [0.25, 0.3) is 0 Å². The maximum atomic E-state index is 11.8. The summed E-state index contributed by atoms with van der Waals surface area (Å²) >= 11 is 3.36. The first-order valence-electron chi connectivity index (χ1n) is 6.56. The maximum absolute atomic E-state index is 11.8. The molecule has 0 saturated heterocycles. The van der Waals surface area contributed by atoms with Gasteiger partial charge in [0, 0.05) is 16.4 Å². The number of benzene rings is 1. The van der Waals surface area contributed by atoms with Gasteiger partial charge in [0.25, 0.3) is 0 Å². The molecule has 3 amide bonds. The van der Waals surface area contributed by atoms with Crippen LogP contribution in [0.15, 0.2) is 47.1 Å². The van der Waals surface area contributed by atoms with Crippen LogP contribution in [-0.4, -0.2) is 23.5 Å². The van der Waals surface area contributed by atoms with Crippen molar-refractivity contribution in [1.82, 2.24) is 10.3 Å². The minimum Gasteiger partial charge on any atom is -0.329 e. The molecule has 0 atom stereocenters. The SMILES string of the molecule is Cc1cc(Br)ccc1NC(=O)CNC(=O)Nc1ccccn1. The Balaban J connectivity index is 1.81. The average Bonchev–Trinajstić information content (AvgIpc) is 2.49. The monoisotopic (exact) mass is 362 g/mol. The smallest absolute Gasteiger partial charge is 0.320 e. The molecule has 0 fully saturated rings. The van der Waals surface area contributed by atoms with Crippen molar-refractivity contribution >= 4 is 39.4 Å². The third-order valence-electron chi connectivity index (χ3n) is 2.78. The Bertz CT molecular complexity index is 676. The molecule has 3 N–H and O–H groups in total. The van der Waals surface area contributed by atoms with Crippen LogP contribution in [0.2, 0.25) is 0 Å². The van der Waals surface area contributed by atoms with Crippen molar-refractivity contribution in [3.05, 3.63) is 52.6 Å². The Morgan fingerprint density at radius 1 is 1.18 bits per heavy atom. The summed E-state index contributed by atoms with van der Waals surface area (Å²) in [6, 6.07) is 10.2. The molecule has 0 aliphatic heterocycles. The number of aryl methyl sites for hydroxylation is 1. The summed E-state index contributed by atoms with van der Waals surface area (Å²) in [4.78, 5) is 27.4. The Morgan fingerprint density at radius 3 is 2.68 bits per heavy atom. The number of carbonyl (C=O) groups is 2. The van der Waals surface area contributed by atoms with Gasteiger partial charge in [0.05, 0.1) is 6.54 Å². The first-order valence-corrected chi connectivity index (χ1v) is 7.36. The fraction of sp³-hybridized carbons (Fsp3) is 0.133. The number of nitrogens with one attached hydrogen (secondary N) is 3. The van der Waals surface area contributed by atoms with Crippen LogP contribution in [0.3, 0.4) is 0 Å². The standard InChI is InChI=1S/C15H15BrN4O2/c1-10-8-11(16)5-6-12(10)19-14(21)9-18-15(22)20-13-4-2-3-7-17-13/h2-8H,9H2,1H3,(H,19,21)(H2,17,18,20,22). The van der Waals surface area contributed by atoms with Gasteiger partial charge in [-0.05, 0) is 42.8 Å². The van der Waals surface area contributed by atoms with E-state index in [4.69, 9.17) is 0 Å². The van der Waals surface area contributed by atoms with E-state index >= 15 is 0 Å². The van der Waals surface area contributed by atoms with Crippen LogP contribution in [-0.2, 0) is 4.79 Å². The predicted molar refractivity (Wildman–Crippen MR) is 88.8 cm³/mol. The molecule has 0 radical (unpaired) electrons. The summed E-state index contributed by atoms with van der Waals surface area (Å²) in [6.07, 6.45) is 1.57. The number of anilines is 2. The van der Waals surface area contributed by atoms with Crippen molar-refractivity contribution in [3.63, 3.8) is 0 Å². The first-order chi connectivity index (χ1) is 10.5. The third-order valence-corrected chi connectivity index (χ3v) is 3.27. The molecule has 0 saturated carbocycles. The molecular weight excluding hydrogens is 348 g/mol. The van der Waals surface area contributed by atoms with E-state index in [1.54, 1.807) is 30.5 Å². The van der Waals surface area contributed by atoms with Gasteiger partial charge < -0.3 is 10.6 Å². The molecule has 7 heteroatoms. The Labute approximate surface area is 136 Å². The molecule has 0 bridgehead atoms. The largest absolute Gasteiger partial charge is 0.329 e. The zero-order chi connectivity index (χ0) is 15.9. The summed E-state index contributed by atoms with van der Waals surface area (Å²) < 4.78 is 0.941. The van der Waals surface area contributed by atoms with Crippen molar-refractivity contribution in [1.29, 1.82) is 0 Å². The summed E-state index contributed by atoms with van der Waals surface area (Å²) in [5.41, 5.74) is 1.64. The topological polar surface area (TPSA) is 83.1 Å². The molecule has 1 heterocycles. The van der Waals surface area contributed by atoms with Crippen LogP contribution in [0, 0.1) is 6.92 Å². The van der Waals surface area contributed by atoms with Gasteiger partial charge in [-0.3, -0.25) is 10.1 Å². The first kappa shape index (κ1) is 16.0. The van der Waals surface area contributed by atoms with Gasteiger partial charge >= 0.3 is 6.03 Å². The number of pyridine rings is 1. The van der Waals surface area contributed by atoms with E-state index < -0.39 is 6.03 Å². The lowest BCUT2D eigenvalue weighted by atomic mass is 10.2. The quantitative estimate of drug-likeness (QED) is 0.781. The van der Waals surface area contributed by atoms with Gasteiger partial charge in [-0.1, -0.05) is 22.0 Å². The second-order valence-corrected chi connectivity index (χ2v) is 5.45. The number of aromatic nitrogens is 1. The van der Waals surface area contributed by atoms with Crippen LogP contribution in [0.1, 0.15) is 5.56 Å². The summed E-state index contributed by atoms with van der Waals surface area (Å²) in [6.45, 7) is 1.76. The zero-order valence-corrected chi connectivity index (χ0v) is 13.5. The molecule has 1 aromatic heterocycles. The number of halogens is 1. The van der Waals surface area contributed by atoms with E-state index in [0.29, 0.717) is 11.5 Å². The molecule has 2 aromatic rings. The fourth-order valence-electron chi connectivity index (χ4n) is 1.72. The Morgan fingerprint density at radius 2 is 2.00 bits per heavy atom. The van der Waals surface area contributed by atoms with Gasteiger partial charge in [0.1, 0.15) is 5.82 Å². The highest BCUT2D eigenvalue weighted by atomic mass is 79.9. The second-order valence-electron chi connectivity index (χ2n) is 4.53. The predicted octanol–water partition coefficient (Wildman–Crippen LogP) is 2.91. The van der Waals surface area contributed by atoms with Gasteiger partial charge in [-0.15, -0.1) is 0 Å². The minimum atomic E-state index is -0.485. The van der Waals surface area contributed by atoms with E-state index in [1.165, 1.54) is 0 Å². The van der Waals surface area contributed by atoms with Crippen molar-refractivity contribution in [2.75, 3.05) is 17.2 Å². The van der Waals surface area contributed by atoms with E-state index in [-0.39, 0.29) is 12.5 Å². The summed E-state index contributed by atoms with van der Waals surface area (Å²) in [7, 11) is 0. The second kappa shape index (κ2) is 7.56. The molecule has 22 heavy (non-hydrogen) atoms. The van der Waals surface area contributed by atoms with Crippen molar-refractivity contribution < 1.29 is 9.59 Å². The fourth-order valence-corrected chi connectivity index (χ4v) is 2.20. The lowest BCUT2D eigenvalue weighted by Crippen LogP contribution is -2.36.